The summed E-state index contributed by atoms with van der Waals surface area (Å²) in [6.07, 6.45) is 5.00. The summed E-state index contributed by atoms with van der Waals surface area (Å²) in [5.74, 6) is -0.507. The molecule has 0 amide bonds. The summed E-state index contributed by atoms with van der Waals surface area (Å²) in [6.45, 7) is 1.88. The number of aromatic hydroxyl groups is 1. The fourth-order valence-corrected chi connectivity index (χ4v) is 3.42. The van der Waals surface area contributed by atoms with Gasteiger partial charge in [-0.05, 0) is 37.5 Å². The number of aromatic nitrogens is 6. The number of H-pyrrole nitrogens is 2. The first-order valence-electron chi connectivity index (χ1n) is 9.89. The molecule has 3 aromatic heterocycles. The lowest BCUT2D eigenvalue weighted by Crippen LogP contribution is -2.25. The second-order valence-electron chi connectivity index (χ2n) is 7.54. The largest absolute Gasteiger partial charge is 0.493 e. The molecule has 10 nitrogen and oxygen atoms in total. The van der Waals surface area contributed by atoms with Gasteiger partial charge >= 0.3 is 5.69 Å². The number of aryl methyl sites for hydroxylation is 1. The second kappa shape index (κ2) is 7.75. The molecular formula is C20H18ClFN8O2. The van der Waals surface area contributed by atoms with Gasteiger partial charge in [0.1, 0.15) is 11.5 Å². The molecule has 4 N–H and O–H groups in total. The van der Waals surface area contributed by atoms with E-state index in [-0.39, 0.29) is 30.1 Å². The molecule has 0 atom stereocenters. The number of nitrogens with zero attached hydrogens (tertiary/aromatic N) is 5. The third-order valence-corrected chi connectivity index (χ3v) is 5.59. The van der Waals surface area contributed by atoms with Crippen molar-refractivity contribution < 1.29 is 9.50 Å². The Balaban J connectivity index is 1.60. The normalized spacial score (nSPS) is 15.1. The fraction of sp³-hybridized carbons (Fsp3) is 0.250. The lowest BCUT2D eigenvalue weighted by Gasteiger charge is -2.10. The Morgan fingerprint density at radius 2 is 2.19 bits per heavy atom. The van der Waals surface area contributed by atoms with Gasteiger partial charge in [-0.25, -0.2) is 14.2 Å². The number of benzene rings is 1. The van der Waals surface area contributed by atoms with Gasteiger partial charge in [0.2, 0.25) is 11.8 Å². The Bertz CT molecular complexity index is 1520. The van der Waals surface area contributed by atoms with Gasteiger partial charge in [-0.1, -0.05) is 17.7 Å². The molecule has 5 rings (SSSR count). The zero-order chi connectivity index (χ0) is 22.4. The molecule has 3 heterocycles. The third kappa shape index (κ3) is 3.82. The van der Waals surface area contributed by atoms with Crippen molar-refractivity contribution in [3.8, 4) is 5.88 Å². The molecule has 1 aliphatic carbocycles. The highest BCUT2D eigenvalue weighted by Gasteiger charge is 2.21. The van der Waals surface area contributed by atoms with Crippen molar-refractivity contribution >= 4 is 29.3 Å². The molecule has 32 heavy (non-hydrogen) atoms. The van der Waals surface area contributed by atoms with E-state index in [1.807, 2.05) is 0 Å². The van der Waals surface area contributed by atoms with Crippen LogP contribution in [0.25, 0.3) is 11.7 Å². The second-order valence-corrected chi connectivity index (χ2v) is 7.92. The van der Waals surface area contributed by atoms with Gasteiger partial charge in [0, 0.05) is 17.3 Å². The molecule has 0 aliphatic heterocycles. The van der Waals surface area contributed by atoms with Crippen LogP contribution in [0.2, 0.25) is 5.02 Å². The SMILES string of the molecule is Cc1ccc(F)c(CNc2nc(=NC3CC3)n3ncc(=Cc4[nH]c(=O)[nH]c4O)c3n2)c1Cl. The Morgan fingerprint density at radius 1 is 1.38 bits per heavy atom. The van der Waals surface area contributed by atoms with Crippen LogP contribution in [-0.4, -0.2) is 40.7 Å². The average molecular weight is 457 g/mol. The average Bonchev–Trinajstić information content (AvgIpc) is 3.39. The number of hydrogen-bond donors (Lipinski definition) is 4. The van der Waals surface area contributed by atoms with Crippen molar-refractivity contribution in [2.24, 2.45) is 4.99 Å². The van der Waals surface area contributed by atoms with Crippen LogP contribution in [0.15, 0.2) is 28.1 Å². The van der Waals surface area contributed by atoms with Crippen molar-refractivity contribution in [2.75, 3.05) is 5.32 Å². The first-order chi connectivity index (χ1) is 15.4. The van der Waals surface area contributed by atoms with Gasteiger partial charge in [0.05, 0.1) is 17.3 Å². The Kier molecular flexibility index (Phi) is 4.89. The number of aromatic amines is 2. The van der Waals surface area contributed by atoms with Gasteiger partial charge in [0.15, 0.2) is 5.65 Å². The molecule has 0 saturated heterocycles. The van der Waals surface area contributed by atoms with Crippen molar-refractivity contribution in [3.05, 3.63) is 67.3 Å². The van der Waals surface area contributed by atoms with Gasteiger partial charge in [-0.3, -0.25) is 4.98 Å². The molecule has 1 fully saturated rings. The van der Waals surface area contributed by atoms with Crippen molar-refractivity contribution in [2.45, 2.75) is 32.4 Å². The van der Waals surface area contributed by atoms with Crippen LogP contribution in [0.1, 0.15) is 29.7 Å². The van der Waals surface area contributed by atoms with E-state index in [0.717, 1.165) is 18.4 Å². The highest BCUT2D eigenvalue weighted by molar-refractivity contribution is 6.32. The maximum absolute atomic E-state index is 14.3. The van der Waals surface area contributed by atoms with Crippen LogP contribution >= 0.6 is 11.6 Å². The van der Waals surface area contributed by atoms with E-state index in [2.05, 4.69) is 35.3 Å². The van der Waals surface area contributed by atoms with Gasteiger partial charge < -0.3 is 15.4 Å². The number of nitrogens with one attached hydrogen (secondary N) is 3. The molecule has 164 valence electrons. The van der Waals surface area contributed by atoms with Crippen molar-refractivity contribution in [3.63, 3.8) is 0 Å². The lowest BCUT2D eigenvalue weighted by molar-refractivity contribution is 0.454. The molecular weight excluding hydrogens is 439 g/mol. The highest BCUT2D eigenvalue weighted by Crippen LogP contribution is 2.24. The van der Waals surface area contributed by atoms with Gasteiger partial charge in [0.25, 0.3) is 5.62 Å². The number of imidazole rings is 1. The predicted molar refractivity (Wildman–Crippen MR) is 115 cm³/mol. The third-order valence-electron chi connectivity index (χ3n) is 5.06. The molecule has 4 aromatic rings. The molecule has 0 bridgehead atoms. The maximum atomic E-state index is 14.3. The summed E-state index contributed by atoms with van der Waals surface area (Å²) in [5, 5.41) is 18.0. The van der Waals surface area contributed by atoms with Crippen molar-refractivity contribution in [1.29, 1.82) is 0 Å². The minimum absolute atomic E-state index is 0.0739. The highest BCUT2D eigenvalue weighted by atomic mass is 35.5. The van der Waals surface area contributed by atoms with Gasteiger partial charge in [-0.15, -0.1) is 0 Å². The minimum atomic E-state index is -0.538. The van der Waals surface area contributed by atoms with Crippen LogP contribution in [0, 0.1) is 12.7 Å². The Hall–Kier alpha value is -3.73. The van der Waals surface area contributed by atoms with E-state index < -0.39 is 11.5 Å². The molecule has 1 saturated carbocycles. The van der Waals surface area contributed by atoms with Crippen molar-refractivity contribution in [1.82, 2.24) is 29.5 Å². The van der Waals surface area contributed by atoms with E-state index in [1.54, 1.807) is 13.0 Å². The van der Waals surface area contributed by atoms with E-state index in [4.69, 9.17) is 11.6 Å². The Morgan fingerprint density at radius 3 is 2.91 bits per heavy atom. The molecule has 0 spiro atoms. The van der Waals surface area contributed by atoms with Crippen LogP contribution < -0.4 is 21.8 Å². The summed E-state index contributed by atoms with van der Waals surface area (Å²) in [6, 6.07) is 3.15. The number of hydrogen-bond acceptors (Lipinski definition) is 7. The zero-order valence-electron chi connectivity index (χ0n) is 16.9. The summed E-state index contributed by atoms with van der Waals surface area (Å²) in [5.41, 5.74) is 1.47. The fourth-order valence-electron chi connectivity index (χ4n) is 3.20. The summed E-state index contributed by atoms with van der Waals surface area (Å²) < 4.78 is 15.8. The van der Waals surface area contributed by atoms with E-state index in [1.165, 1.54) is 22.9 Å². The first-order valence-corrected chi connectivity index (χ1v) is 10.3. The topological polar surface area (TPSA) is 136 Å². The van der Waals surface area contributed by atoms with Crippen LogP contribution in [0.3, 0.4) is 0 Å². The number of rotatable bonds is 5. The van der Waals surface area contributed by atoms with Gasteiger partial charge in [-0.2, -0.15) is 19.6 Å². The lowest BCUT2D eigenvalue weighted by atomic mass is 10.1. The minimum Gasteiger partial charge on any atom is -0.493 e. The van der Waals surface area contributed by atoms with Crippen LogP contribution in [0.4, 0.5) is 10.3 Å². The zero-order valence-corrected chi connectivity index (χ0v) is 17.6. The van der Waals surface area contributed by atoms with E-state index in [0.29, 0.717) is 27.1 Å². The molecule has 1 aliphatic rings. The molecule has 0 unspecified atom stereocenters. The maximum Gasteiger partial charge on any atom is 0.326 e. The summed E-state index contributed by atoms with van der Waals surface area (Å²) >= 11 is 6.27. The predicted octanol–water partition coefficient (Wildman–Crippen LogP) is 1.17. The van der Waals surface area contributed by atoms with E-state index >= 15 is 0 Å². The standard InChI is InChI=1S/C20H18ClFN8O2/c1-9-2-5-13(22)12(15(9)21)8-23-18-27-16-10(6-14-17(31)28-20(32)26-14)7-24-30(16)19(29-18)25-11-3-4-11/h2,5-7,11,31H,3-4,8H2,1H3,(H,23,25,29)(H2,26,28,32). The quantitative estimate of drug-likeness (QED) is 0.356. The monoisotopic (exact) mass is 456 g/mol. The summed E-state index contributed by atoms with van der Waals surface area (Å²) in [7, 11) is 0. The number of anilines is 1. The number of fused-ring (bicyclic) bond motifs is 1. The molecule has 0 radical (unpaired) electrons. The first kappa shape index (κ1) is 20.2. The smallest absolute Gasteiger partial charge is 0.326 e. The molecule has 1 aromatic carbocycles. The molecule has 12 heteroatoms. The van der Waals surface area contributed by atoms with Crippen LogP contribution in [-0.2, 0) is 6.54 Å². The number of halogens is 2. The van der Waals surface area contributed by atoms with Crippen LogP contribution in [0.5, 0.6) is 5.88 Å². The summed E-state index contributed by atoms with van der Waals surface area (Å²) in [4.78, 5) is 29.7. The Labute approximate surface area is 184 Å². The van der Waals surface area contributed by atoms with E-state index in [9.17, 15) is 14.3 Å².